The van der Waals surface area contributed by atoms with E-state index in [0.717, 1.165) is 35.3 Å². The van der Waals surface area contributed by atoms with Crippen LogP contribution >= 0.6 is 0 Å². The Labute approximate surface area is 179 Å². The predicted octanol–water partition coefficient (Wildman–Crippen LogP) is 5.13. The van der Waals surface area contributed by atoms with Gasteiger partial charge in [0, 0.05) is 16.8 Å². The molecule has 0 fully saturated rings. The lowest BCUT2D eigenvalue weighted by molar-refractivity contribution is 0.332. The second-order valence-corrected chi connectivity index (χ2v) is 9.70. The lowest BCUT2D eigenvalue weighted by Gasteiger charge is -2.42. The first-order chi connectivity index (χ1) is 14.2. The molecule has 1 aliphatic carbocycles. The molecule has 0 unspecified atom stereocenters. The van der Waals surface area contributed by atoms with Gasteiger partial charge < -0.3 is 15.4 Å². The van der Waals surface area contributed by atoms with Gasteiger partial charge in [-0.1, -0.05) is 76.2 Å². The summed E-state index contributed by atoms with van der Waals surface area (Å²) >= 11 is 0. The highest BCUT2D eigenvalue weighted by Crippen LogP contribution is 2.46. The fraction of sp³-hybridized carbons (Fsp3) is 0.308. The molecular weight excluding hydrogens is 369 g/mol. The molecule has 0 aliphatic heterocycles. The van der Waals surface area contributed by atoms with Gasteiger partial charge in [0.2, 0.25) is 0 Å². The van der Waals surface area contributed by atoms with Crippen LogP contribution in [0.1, 0.15) is 51.7 Å². The molecule has 1 aliphatic rings. The first-order valence-corrected chi connectivity index (χ1v) is 10.6. The number of benzene rings is 3. The van der Waals surface area contributed by atoms with Crippen molar-refractivity contribution in [2.45, 2.75) is 51.4 Å². The molecule has 0 bridgehead atoms. The molecule has 0 amide bonds. The molecule has 3 aromatic carbocycles. The Hall–Kier alpha value is -2.56. The third kappa shape index (κ3) is 3.90. The topological polar surface area (TPSA) is 52.5 Å². The summed E-state index contributed by atoms with van der Waals surface area (Å²) in [6, 6.07) is 22.6. The van der Waals surface area contributed by atoms with Crippen LogP contribution in [0.4, 0.5) is 11.4 Å². The molecule has 0 heterocycles. The number of anilines is 2. The Morgan fingerprint density at radius 1 is 0.733 bits per heavy atom. The molecule has 4 rings (SSSR count). The van der Waals surface area contributed by atoms with Gasteiger partial charge in [0.1, 0.15) is 0 Å². The largest absolute Gasteiger partial charge is 0.490 e. The zero-order chi connectivity index (χ0) is 21.5. The first-order valence-electron chi connectivity index (χ1n) is 10.6. The number of hydrogen-bond donors (Lipinski definition) is 3. The van der Waals surface area contributed by atoms with Gasteiger partial charge in [-0.15, -0.1) is 0 Å². The fourth-order valence-corrected chi connectivity index (χ4v) is 4.52. The van der Waals surface area contributed by atoms with Crippen molar-refractivity contribution in [2.24, 2.45) is 0 Å². The second kappa shape index (κ2) is 7.61. The summed E-state index contributed by atoms with van der Waals surface area (Å²) in [5.41, 5.74) is 7.01. The van der Waals surface area contributed by atoms with Gasteiger partial charge in [-0.3, -0.25) is 0 Å². The van der Waals surface area contributed by atoms with E-state index in [1.165, 1.54) is 11.1 Å². The van der Waals surface area contributed by atoms with Gasteiger partial charge in [-0.05, 0) is 64.1 Å². The summed E-state index contributed by atoms with van der Waals surface area (Å²) in [6.07, 6.45) is 2.19. The second-order valence-electron chi connectivity index (χ2n) is 9.70. The lowest BCUT2D eigenvalue weighted by atomic mass is 9.61. The summed E-state index contributed by atoms with van der Waals surface area (Å²) in [5, 5.41) is 23.7. The lowest BCUT2D eigenvalue weighted by Crippen LogP contribution is -2.39. The molecule has 0 atom stereocenters. The molecule has 4 heteroatoms. The number of hydrogen-bond acceptors (Lipinski definition) is 3. The van der Waals surface area contributed by atoms with Crippen molar-refractivity contribution in [2.75, 3.05) is 5.32 Å². The molecule has 3 N–H and O–H groups in total. The van der Waals surface area contributed by atoms with E-state index in [0.29, 0.717) is 5.46 Å². The van der Waals surface area contributed by atoms with Crippen molar-refractivity contribution in [1.82, 2.24) is 0 Å². The van der Waals surface area contributed by atoms with Crippen LogP contribution < -0.4 is 10.8 Å². The summed E-state index contributed by atoms with van der Waals surface area (Å²) in [4.78, 5) is 0. The minimum absolute atomic E-state index is 0.0141. The maximum atomic E-state index is 10.1. The van der Waals surface area contributed by atoms with Gasteiger partial charge in [0.25, 0.3) is 0 Å². The van der Waals surface area contributed by atoms with E-state index >= 15 is 0 Å². The Bertz CT molecular complexity index is 1060. The average molecular weight is 399 g/mol. The average Bonchev–Trinajstić information content (AvgIpc) is 2.72. The minimum atomic E-state index is -1.53. The zero-order valence-corrected chi connectivity index (χ0v) is 18.2. The van der Waals surface area contributed by atoms with Crippen LogP contribution in [0, 0.1) is 0 Å². The van der Waals surface area contributed by atoms with Crippen LogP contribution in [-0.2, 0) is 10.8 Å². The van der Waals surface area contributed by atoms with Crippen LogP contribution in [-0.4, -0.2) is 17.2 Å². The Kier molecular flexibility index (Phi) is 5.25. The van der Waals surface area contributed by atoms with Gasteiger partial charge in [0.05, 0.1) is 0 Å². The van der Waals surface area contributed by atoms with Crippen LogP contribution in [0.25, 0.3) is 11.1 Å². The minimum Gasteiger partial charge on any atom is -0.423 e. The van der Waals surface area contributed by atoms with Gasteiger partial charge in [-0.25, -0.2) is 0 Å². The number of fused-ring (bicyclic) bond motifs is 1. The number of rotatable bonds is 4. The summed E-state index contributed by atoms with van der Waals surface area (Å²) in [7, 11) is -1.53. The Balaban J connectivity index is 1.78. The normalized spacial score (nSPS) is 16.6. The molecule has 154 valence electrons. The predicted molar refractivity (Wildman–Crippen MR) is 127 cm³/mol. The first kappa shape index (κ1) is 20.7. The maximum absolute atomic E-state index is 10.1. The third-order valence-corrected chi connectivity index (χ3v) is 6.55. The number of nitrogens with one attached hydrogen (secondary N) is 1. The van der Waals surface area contributed by atoms with E-state index in [4.69, 9.17) is 0 Å². The van der Waals surface area contributed by atoms with Crippen molar-refractivity contribution in [3.63, 3.8) is 0 Å². The summed E-state index contributed by atoms with van der Waals surface area (Å²) < 4.78 is 0. The van der Waals surface area contributed by atoms with Crippen molar-refractivity contribution in [1.29, 1.82) is 0 Å². The van der Waals surface area contributed by atoms with E-state index in [1.54, 1.807) is 0 Å². The molecule has 0 aromatic heterocycles. The van der Waals surface area contributed by atoms with Gasteiger partial charge in [-0.2, -0.15) is 0 Å². The van der Waals surface area contributed by atoms with E-state index < -0.39 is 7.12 Å². The summed E-state index contributed by atoms with van der Waals surface area (Å²) in [5.74, 6) is 0. The van der Waals surface area contributed by atoms with E-state index in [1.807, 2.05) is 36.4 Å². The van der Waals surface area contributed by atoms with Gasteiger partial charge >= 0.3 is 7.12 Å². The fourth-order valence-electron chi connectivity index (χ4n) is 4.52. The van der Waals surface area contributed by atoms with Crippen LogP contribution in [0.15, 0.2) is 66.7 Å². The van der Waals surface area contributed by atoms with Crippen LogP contribution in [0.2, 0.25) is 0 Å². The van der Waals surface area contributed by atoms with Gasteiger partial charge in [0.15, 0.2) is 0 Å². The van der Waals surface area contributed by atoms with E-state index in [-0.39, 0.29) is 10.8 Å². The molecule has 0 saturated carbocycles. The molecule has 3 aromatic rings. The van der Waals surface area contributed by atoms with Crippen molar-refractivity contribution in [3.05, 3.63) is 77.9 Å². The van der Waals surface area contributed by atoms with Crippen LogP contribution in [0.3, 0.4) is 0 Å². The third-order valence-electron chi connectivity index (χ3n) is 6.55. The summed E-state index contributed by atoms with van der Waals surface area (Å²) in [6.45, 7) is 9.03. The molecule has 0 spiro atoms. The molecule has 0 saturated heterocycles. The van der Waals surface area contributed by atoms with Crippen molar-refractivity contribution < 1.29 is 10.0 Å². The smallest absolute Gasteiger partial charge is 0.423 e. The quantitative estimate of drug-likeness (QED) is 0.534. The van der Waals surface area contributed by atoms with E-state index in [9.17, 15) is 10.0 Å². The van der Waals surface area contributed by atoms with Crippen LogP contribution in [0.5, 0.6) is 0 Å². The molecule has 3 nitrogen and oxygen atoms in total. The highest BCUT2D eigenvalue weighted by molar-refractivity contribution is 6.60. The van der Waals surface area contributed by atoms with Crippen molar-refractivity contribution in [3.8, 4) is 11.1 Å². The highest BCUT2D eigenvalue weighted by Gasteiger charge is 2.38. The Morgan fingerprint density at radius 2 is 1.33 bits per heavy atom. The molecular formula is C26H30BNO2. The maximum Gasteiger partial charge on any atom is 0.490 e. The highest BCUT2D eigenvalue weighted by atomic mass is 16.4. The Morgan fingerprint density at radius 3 is 1.97 bits per heavy atom. The van der Waals surface area contributed by atoms with Crippen molar-refractivity contribution >= 4 is 24.0 Å². The van der Waals surface area contributed by atoms with E-state index in [2.05, 4.69) is 63.3 Å². The standard InChI is InChI=1S/C26H30BNO2/c1-25(2)13-14-26(3,4)22-17-24(23(27(29)30)16-21(22)25)28-20-12-8-11-19(15-20)18-9-6-5-7-10-18/h5-12,15-17,28-30H,13-14H2,1-4H3. The zero-order valence-electron chi connectivity index (χ0n) is 18.2. The molecule has 30 heavy (non-hydrogen) atoms. The SMILES string of the molecule is CC1(C)CCC(C)(C)c2cc(B(O)O)c(Nc3cccc(-c4ccccc4)c3)cc21. The molecule has 0 radical (unpaired) electrons. The monoisotopic (exact) mass is 399 g/mol.